The van der Waals surface area contributed by atoms with Gasteiger partial charge in [0.2, 0.25) is 0 Å². The molecule has 6 heteroatoms. The topological polar surface area (TPSA) is 61.4 Å². The van der Waals surface area contributed by atoms with Crippen molar-refractivity contribution in [3.63, 3.8) is 0 Å². The Morgan fingerprint density at radius 3 is 2.76 bits per heavy atom. The second-order valence-electron chi connectivity index (χ2n) is 5.47. The highest BCUT2D eigenvalue weighted by molar-refractivity contribution is 6.33. The van der Waals surface area contributed by atoms with Crippen LogP contribution in [0.1, 0.15) is 26.7 Å². The highest BCUT2D eigenvalue weighted by Crippen LogP contribution is 2.22. The van der Waals surface area contributed by atoms with E-state index in [9.17, 15) is 9.18 Å². The molecule has 0 saturated heterocycles. The van der Waals surface area contributed by atoms with Crippen molar-refractivity contribution in [2.75, 3.05) is 18.5 Å². The largest absolute Gasteiger partial charge is 0.396 e. The molecule has 21 heavy (non-hydrogen) atoms. The van der Waals surface area contributed by atoms with Gasteiger partial charge in [-0.2, -0.15) is 0 Å². The number of urea groups is 1. The Morgan fingerprint density at radius 2 is 2.14 bits per heavy atom. The summed E-state index contributed by atoms with van der Waals surface area (Å²) in [6.45, 7) is 4.74. The standard InChI is InChI=1S/C15H22ClFN2O2/c1-10(2)7-11(5-6-20)9-18-15(21)19-14-8-12(17)3-4-13(14)16/h3-4,8,10-11,20H,5-7,9H2,1-2H3,(H2,18,19,21). The number of carbonyl (C=O) groups excluding carboxylic acids is 1. The van der Waals surface area contributed by atoms with Crippen molar-refractivity contribution in [1.82, 2.24) is 5.32 Å². The number of amides is 2. The van der Waals surface area contributed by atoms with E-state index in [4.69, 9.17) is 16.7 Å². The first-order valence-corrected chi connectivity index (χ1v) is 7.41. The van der Waals surface area contributed by atoms with Gasteiger partial charge in [0.05, 0.1) is 10.7 Å². The van der Waals surface area contributed by atoms with E-state index in [-0.39, 0.29) is 23.2 Å². The first-order valence-electron chi connectivity index (χ1n) is 7.03. The molecular weight excluding hydrogens is 295 g/mol. The number of benzene rings is 1. The minimum Gasteiger partial charge on any atom is -0.396 e. The van der Waals surface area contributed by atoms with E-state index in [1.807, 2.05) is 0 Å². The lowest BCUT2D eigenvalue weighted by molar-refractivity contribution is 0.231. The maximum absolute atomic E-state index is 13.1. The van der Waals surface area contributed by atoms with Crippen LogP contribution in [0.2, 0.25) is 5.02 Å². The molecule has 2 amide bonds. The van der Waals surface area contributed by atoms with Gasteiger partial charge >= 0.3 is 6.03 Å². The lowest BCUT2D eigenvalue weighted by Crippen LogP contribution is -2.34. The van der Waals surface area contributed by atoms with Gasteiger partial charge in [-0.3, -0.25) is 0 Å². The van der Waals surface area contributed by atoms with Crippen LogP contribution >= 0.6 is 11.6 Å². The van der Waals surface area contributed by atoms with E-state index in [0.717, 1.165) is 6.42 Å². The average molecular weight is 317 g/mol. The van der Waals surface area contributed by atoms with E-state index in [1.165, 1.54) is 18.2 Å². The zero-order valence-electron chi connectivity index (χ0n) is 12.3. The Labute approximate surface area is 129 Å². The molecule has 1 unspecified atom stereocenters. The van der Waals surface area contributed by atoms with Crippen molar-refractivity contribution in [1.29, 1.82) is 0 Å². The number of nitrogens with one attached hydrogen (secondary N) is 2. The van der Waals surface area contributed by atoms with Crippen LogP contribution in [0.3, 0.4) is 0 Å². The number of rotatable bonds is 7. The van der Waals surface area contributed by atoms with E-state index in [2.05, 4.69) is 24.5 Å². The number of aliphatic hydroxyl groups is 1. The van der Waals surface area contributed by atoms with Crippen molar-refractivity contribution in [3.8, 4) is 0 Å². The van der Waals surface area contributed by atoms with E-state index >= 15 is 0 Å². The molecule has 1 aromatic rings. The number of halogens is 2. The summed E-state index contributed by atoms with van der Waals surface area (Å²) in [6, 6.07) is 3.35. The summed E-state index contributed by atoms with van der Waals surface area (Å²) in [6.07, 6.45) is 1.56. The maximum atomic E-state index is 13.1. The average Bonchev–Trinajstić information content (AvgIpc) is 2.40. The third-order valence-electron chi connectivity index (χ3n) is 3.07. The van der Waals surface area contributed by atoms with Gasteiger partial charge in [0.15, 0.2) is 0 Å². The predicted octanol–water partition coefficient (Wildman–Crippen LogP) is 3.65. The summed E-state index contributed by atoms with van der Waals surface area (Å²) in [5.74, 6) is 0.237. The Balaban J connectivity index is 2.50. The SMILES string of the molecule is CC(C)CC(CCO)CNC(=O)Nc1cc(F)ccc1Cl. The van der Waals surface area contributed by atoms with Crippen molar-refractivity contribution >= 4 is 23.3 Å². The van der Waals surface area contributed by atoms with Crippen LogP contribution < -0.4 is 10.6 Å². The van der Waals surface area contributed by atoms with Crippen LogP contribution in [0.15, 0.2) is 18.2 Å². The first kappa shape index (κ1) is 17.7. The molecule has 0 bridgehead atoms. The highest BCUT2D eigenvalue weighted by Gasteiger charge is 2.13. The van der Waals surface area contributed by atoms with Gasteiger partial charge in [0, 0.05) is 13.2 Å². The normalized spacial score (nSPS) is 12.3. The van der Waals surface area contributed by atoms with Crippen molar-refractivity contribution in [3.05, 3.63) is 29.0 Å². The fourth-order valence-electron chi connectivity index (χ4n) is 2.15. The molecule has 0 radical (unpaired) electrons. The molecule has 0 spiro atoms. The van der Waals surface area contributed by atoms with Gasteiger partial charge in [0.1, 0.15) is 5.82 Å². The fourth-order valence-corrected chi connectivity index (χ4v) is 2.31. The zero-order chi connectivity index (χ0) is 15.8. The molecule has 118 valence electrons. The Bertz CT molecular complexity index is 469. The van der Waals surface area contributed by atoms with Crippen LogP contribution in [0.25, 0.3) is 0 Å². The summed E-state index contributed by atoms with van der Waals surface area (Å²) in [7, 11) is 0. The molecule has 1 rings (SSSR count). The fraction of sp³-hybridized carbons (Fsp3) is 0.533. The molecular formula is C15H22ClFN2O2. The first-order chi connectivity index (χ1) is 9.92. The lowest BCUT2D eigenvalue weighted by Gasteiger charge is -2.19. The molecule has 0 saturated carbocycles. The minimum atomic E-state index is -0.465. The van der Waals surface area contributed by atoms with Crippen molar-refractivity contribution in [2.45, 2.75) is 26.7 Å². The molecule has 0 aliphatic heterocycles. The quantitative estimate of drug-likeness (QED) is 0.719. The second kappa shape index (κ2) is 8.85. The summed E-state index contributed by atoms with van der Waals surface area (Å²) in [4.78, 5) is 11.8. The van der Waals surface area contributed by atoms with Crippen LogP contribution in [-0.4, -0.2) is 24.3 Å². The lowest BCUT2D eigenvalue weighted by atomic mass is 9.94. The molecule has 1 aromatic carbocycles. The molecule has 0 fully saturated rings. The van der Waals surface area contributed by atoms with Gasteiger partial charge in [-0.25, -0.2) is 9.18 Å². The predicted molar refractivity (Wildman–Crippen MR) is 83.1 cm³/mol. The van der Waals surface area contributed by atoms with Crippen LogP contribution in [-0.2, 0) is 0 Å². The number of hydrogen-bond acceptors (Lipinski definition) is 2. The van der Waals surface area contributed by atoms with Crippen molar-refractivity contribution < 1.29 is 14.3 Å². The zero-order valence-corrected chi connectivity index (χ0v) is 13.1. The number of hydrogen-bond donors (Lipinski definition) is 3. The van der Waals surface area contributed by atoms with Crippen LogP contribution in [0.5, 0.6) is 0 Å². The van der Waals surface area contributed by atoms with Crippen LogP contribution in [0.4, 0.5) is 14.9 Å². The molecule has 0 aliphatic rings. The second-order valence-corrected chi connectivity index (χ2v) is 5.87. The van der Waals surface area contributed by atoms with E-state index in [1.54, 1.807) is 0 Å². The van der Waals surface area contributed by atoms with Gasteiger partial charge in [0.25, 0.3) is 0 Å². The molecule has 4 nitrogen and oxygen atoms in total. The van der Waals surface area contributed by atoms with Gasteiger partial charge in [-0.1, -0.05) is 25.4 Å². The Kier molecular flexibility index (Phi) is 7.47. The third-order valence-corrected chi connectivity index (χ3v) is 3.40. The molecule has 1 atom stereocenters. The van der Waals surface area contributed by atoms with E-state index in [0.29, 0.717) is 18.9 Å². The third kappa shape index (κ3) is 6.78. The Morgan fingerprint density at radius 1 is 1.43 bits per heavy atom. The highest BCUT2D eigenvalue weighted by atomic mass is 35.5. The minimum absolute atomic E-state index is 0.0937. The molecule has 3 N–H and O–H groups in total. The van der Waals surface area contributed by atoms with E-state index < -0.39 is 11.8 Å². The monoisotopic (exact) mass is 316 g/mol. The number of carbonyl (C=O) groups is 1. The maximum Gasteiger partial charge on any atom is 0.319 e. The van der Waals surface area contributed by atoms with Crippen LogP contribution in [0, 0.1) is 17.7 Å². The number of anilines is 1. The molecule has 0 aliphatic carbocycles. The Hall–Kier alpha value is -1.33. The summed E-state index contributed by atoms with van der Waals surface area (Å²) in [5.41, 5.74) is 0.233. The van der Waals surface area contributed by atoms with Crippen molar-refractivity contribution in [2.24, 2.45) is 11.8 Å². The smallest absolute Gasteiger partial charge is 0.319 e. The summed E-state index contributed by atoms with van der Waals surface area (Å²) < 4.78 is 13.1. The van der Waals surface area contributed by atoms with Gasteiger partial charge < -0.3 is 15.7 Å². The summed E-state index contributed by atoms with van der Waals surface area (Å²) in [5, 5.41) is 14.6. The molecule has 0 aromatic heterocycles. The number of aliphatic hydroxyl groups excluding tert-OH is 1. The summed E-state index contributed by atoms with van der Waals surface area (Å²) >= 11 is 5.88. The van der Waals surface area contributed by atoms with Gasteiger partial charge in [-0.15, -0.1) is 0 Å². The van der Waals surface area contributed by atoms with Gasteiger partial charge in [-0.05, 0) is 42.9 Å². The molecule has 0 heterocycles.